The largest absolute Gasteiger partial charge is 0.360 e. The lowest BCUT2D eigenvalue weighted by molar-refractivity contribution is 0.597. The minimum Gasteiger partial charge on any atom is -0.360 e. The van der Waals surface area contributed by atoms with Crippen LogP contribution >= 0.6 is 27.3 Å². The molecule has 1 aromatic carbocycles. The van der Waals surface area contributed by atoms with Gasteiger partial charge < -0.3 is 5.32 Å². The maximum atomic E-state index is 11.3. The number of halogens is 1. The van der Waals surface area contributed by atoms with E-state index in [2.05, 4.69) is 26.2 Å². The normalized spacial score (nSPS) is 11.9. The Balaban J connectivity index is 2.04. The van der Waals surface area contributed by atoms with Crippen LogP contribution in [-0.4, -0.2) is 31.5 Å². The third kappa shape index (κ3) is 3.43. The fraction of sp³-hybridized carbons (Fsp3) is 0.364. The number of hydrogen-bond acceptors (Lipinski definition) is 5. The summed E-state index contributed by atoms with van der Waals surface area (Å²) in [6.45, 7) is 2.06. The van der Waals surface area contributed by atoms with Gasteiger partial charge in [-0.25, -0.2) is 13.4 Å². The molecule has 0 saturated heterocycles. The van der Waals surface area contributed by atoms with Crippen molar-refractivity contribution in [2.24, 2.45) is 0 Å². The number of thiazole rings is 1. The summed E-state index contributed by atoms with van der Waals surface area (Å²) in [4.78, 5) is 4.40. The van der Waals surface area contributed by atoms with Crippen LogP contribution in [0.25, 0.3) is 10.2 Å². The molecule has 1 heterocycles. The summed E-state index contributed by atoms with van der Waals surface area (Å²) in [7, 11) is -2.92. The van der Waals surface area contributed by atoms with E-state index in [1.54, 1.807) is 6.92 Å². The SMILES string of the molecule is CCS(=O)(=O)CCNc1nc2cc(Br)ccc2s1. The average Bonchev–Trinajstić information content (AvgIpc) is 2.70. The minimum absolute atomic E-state index is 0.142. The summed E-state index contributed by atoms with van der Waals surface area (Å²) in [5.74, 6) is 0.324. The van der Waals surface area contributed by atoms with Crippen molar-refractivity contribution < 1.29 is 8.42 Å². The Morgan fingerprint density at radius 2 is 2.22 bits per heavy atom. The molecule has 1 aromatic heterocycles. The molecular formula is C11H13BrN2O2S2. The third-order valence-electron chi connectivity index (χ3n) is 2.48. The molecule has 0 atom stereocenters. The topological polar surface area (TPSA) is 59.1 Å². The lowest BCUT2D eigenvalue weighted by Gasteiger charge is -2.01. The molecule has 4 nitrogen and oxygen atoms in total. The van der Waals surface area contributed by atoms with E-state index in [1.807, 2.05) is 18.2 Å². The van der Waals surface area contributed by atoms with Crippen LogP contribution in [0.4, 0.5) is 5.13 Å². The van der Waals surface area contributed by atoms with Gasteiger partial charge in [-0.2, -0.15) is 0 Å². The molecule has 0 radical (unpaired) electrons. The molecule has 0 aliphatic carbocycles. The van der Waals surface area contributed by atoms with Crippen LogP contribution in [0.2, 0.25) is 0 Å². The van der Waals surface area contributed by atoms with Crippen molar-refractivity contribution in [2.45, 2.75) is 6.92 Å². The Bertz CT molecular complexity index is 652. The Hall–Kier alpha value is -0.660. The highest BCUT2D eigenvalue weighted by atomic mass is 79.9. The molecule has 18 heavy (non-hydrogen) atoms. The lowest BCUT2D eigenvalue weighted by atomic mass is 10.3. The van der Waals surface area contributed by atoms with Crippen molar-refractivity contribution >= 4 is 52.5 Å². The number of anilines is 1. The molecule has 0 aliphatic heterocycles. The molecule has 0 unspecified atom stereocenters. The van der Waals surface area contributed by atoms with Gasteiger partial charge in [-0.15, -0.1) is 0 Å². The molecular weight excluding hydrogens is 336 g/mol. The van der Waals surface area contributed by atoms with Gasteiger partial charge in [0.2, 0.25) is 0 Å². The van der Waals surface area contributed by atoms with E-state index in [4.69, 9.17) is 0 Å². The number of nitrogens with one attached hydrogen (secondary N) is 1. The van der Waals surface area contributed by atoms with Crippen molar-refractivity contribution in [3.8, 4) is 0 Å². The monoisotopic (exact) mass is 348 g/mol. The first-order valence-corrected chi connectivity index (χ1v) is 8.93. The third-order valence-corrected chi connectivity index (χ3v) is 5.67. The van der Waals surface area contributed by atoms with Crippen LogP contribution < -0.4 is 5.32 Å². The highest BCUT2D eigenvalue weighted by Crippen LogP contribution is 2.27. The van der Waals surface area contributed by atoms with Gasteiger partial charge in [0, 0.05) is 16.8 Å². The summed E-state index contributed by atoms with van der Waals surface area (Å²) in [5.41, 5.74) is 0.912. The molecule has 0 amide bonds. The number of rotatable bonds is 5. The van der Waals surface area contributed by atoms with Gasteiger partial charge in [0.1, 0.15) is 0 Å². The van der Waals surface area contributed by atoms with Crippen LogP contribution in [0.3, 0.4) is 0 Å². The fourth-order valence-electron chi connectivity index (χ4n) is 1.43. The molecule has 2 aromatic rings. The second kappa shape index (κ2) is 5.54. The van der Waals surface area contributed by atoms with Gasteiger partial charge in [0.05, 0.1) is 16.0 Å². The minimum atomic E-state index is -2.92. The van der Waals surface area contributed by atoms with Crippen LogP contribution in [0.15, 0.2) is 22.7 Å². The lowest BCUT2D eigenvalue weighted by Crippen LogP contribution is -2.16. The summed E-state index contributed by atoms with van der Waals surface area (Å²) in [5, 5.41) is 3.82. The zero-order valence-electron chi connectivity index (χ0n) is 9.81. The van der Waals surface area contributed by atoms with Gasteiger partial charge in [-0.05, 0) is 18.2 Å². The van der Waals surface area contributed by atoms with E-state index in [0.29, 0.717) is 6.54 Å². The van der Waals surface area contributed by atoms with E-state index < -0.39 is 9.84 Å². The highest BCUT2D eigenvalue weighted by molar-refractivity contribution is 9.10. The Morgan fingerprint density at radius 3 is 2.94 bits per heavy atom. The quantitative estimate of drug-likeness (QED) is 0.902. The van der Waals surface area contributed by atoms with Crippen LogP contribution in [0.5, 0.6) is 0 Å². The van der Waals surface area contributed by atoms with Crippen molar-refractivity contribution in [2.75, 3.05) is 23.4 Å². The van der Waals surface area contributed by atoms with Gasteiger partial charge in [-0.3, -0.25) is 0 Å². The zero-order valence-corrected chi connectivity index (χ0v) is 13.0. The maximum Gasteiger partial charge on any atom is 0.183 e. The van der Waals surface area contributed by atoms with E-state index in [1.165, 1.54) is 11.3 Å². The number of hydrogen-bond donors (Lipinski definition) is 1. The van der Waals surface area contributed by atoms with Crippen LogP contribution in [-0.2, 0) is 9.84 Å². The first kappa shape index (κ1) is 13.8. The summed E-state index contributed by atoms with van der Waals surface area (Å²) in [6.07, 6.45) is 0. The van der Waals surface area contributed by atoms with Gasteiger partial charge in [-0.1, -0.05) is 34.2 Å². The summed E-state index contributed by atoms with van der Waals surface area (Å²) >= 11 is 4.92. The van der Waals surface area contributed by atoms with Gasteiger partial charge in [0.15, 0.2) is 15.0 Å². The summed E-state index contributed by atoms with van der Waals surface area (Å²) < 4.78 is 24.8. The number of nitrogens with zero attached hydrogens (tertiary/aromatic N) is 1. The number of fused-ring (bicyclic) bond motifs is 1. The number of sulfone groups is 1. The molecule has 0 aliphatic rings. The van der Waals surface area contributed by atoms with Crippen molar-refractivity contribution in [3.63, 3.8) is 0 Å². The highest BCUT2D eigenvalue weighted by Gasteiger charge is 2.08. The molecule has 7 heteroatoms. The maximum absolute atomic E-state index is 11.3. The predicted octanol–water partition coefficient (Wildman–Crippen LogP) is 2.91. The molecule has 0 spiro atoms. The van der Waals surface area contributed by atoms with E-state index in [0.717, 1.165) is 19.8 Å². The van der Waals surface area contributed by atoms with E-state index in [9.17, 15) is 8.42 Å². The van der Waals surface area contributed by atoms with Crippen LogP contribution in [0, 0.1) is 0 Å². The molecule has 0 bridgehead atoms. The first-order valence-electron chi connectivity index (χ1n) is 5.50. The van der Waals surface area contributed by atoms with Crippen molar-refractivity contribution in [1.29, 1.82) is 0 Å². The zero-order chi connectivity index (χ0) is 13.2. The second-order valence-corrected chi connectivity index (χ2v) is 8.21. The first-order chi connectivity index (χ1) is 8.50. The predicted molar refractivity (Wildman–Crippen MR) is 80.1 cm³/mol. The molecule has 1 N–H and O–H groups in total. The Morgan fingerprint density at radius 1 is 1.44 bits per heavy atom. The number of aromatic nitrogens is 1. The number of benzene rings is 1. The standard InChI is InChI=1S/C11H13BrN2O2S2/c1-2-18(15,16)6-5-13-11-14-9-7-8(12)3-4-10(9)17-11/h3-4,7H,2,5-6H2,1H3,(H,13,14). The van der Waals surface area contributed by atoms with Crippen molar-refractivity contribution in [3.05, 3.63) is 22.7 Å². The van der Waals surface area contributed by atoms with Crippen molar-refractivity contribution in [1.82, 2.24) is 4.98 Å². The van der Waals surface area contributed by atoms with E-state index in [-0.39, 0.29) is 11.5 Å². The average molecular weight is 349 g/mol. The molecule has 2 rings (SSSR count). The van der Waals surface area contributed by atoms with Crippen LogP contribution in [0.1, 0.15) is 6.92 Å². The Labute approximate surface area is 118 Å². The van der Waals surface area contributed by atoms with Gasteiger partial charge >= 0.3 is 0 Å². The molecule has 0 fully saturated rings. The van der Waals surface area contributed by atoms with E-state index >= 15 is 0 Å². The fourth-order valence-corrected chi connectivity index (χ4v) is 3.36. The second-order valence-electron chi connectivity index (χ2n) is 3.79. The molecule has 0 saturated carbocycles. The Kier molecular flexibility index (Phi) is 4.24. The molecule has 98 valence electrons. The van der Waals surface area contributed by atoms with Gasteiger partial charge in [0.25, 0.3) is 0 Å². The smallest absolute Gasteiger partial charge is 0.183 e. The summed E-state index contributed by atoms with van der Waals surface area (Å²) in [6, 6.07) is 5.90.